The van der Waals surface area contributed by atoms with Gasteiger partial charge in [-0.3, -0.25) is 4.79 Å². The SMILES string of the molecule is CC(C)OC(=O)[C@H](C)N[P@](=O)(Oc1ccc(-c2ccccc2)cc1)Oc1c(F)c(F)c(F)c(F)c1F. The van der Waals surface area contributed by atoms with Gasteiger partial charge in [0.1, 0.15) is 11.8 Å². The highest BCUT2D eigenvalue weighted by Gasteiger charge is 2.38. The second-order valence-corrected chi connectivity index (χ2v) is 9.42. The van der Waals surface area contributed by atoms with Gasteiger partial charge in [0, 0.05) is 0 Å². The topological polar surface area (TPSA) is 73.9 Å². The van der Waals surface area contributed by atoms with Crippen LogP contribution in [0.4, 0.5) is 22.0 Å². The monoisotopic (exact) mass is 529 g/mol. The van der Waals surface area contributed by atoms with Gasteiger partial charge in [-0.2, -0.15) is 13.9 Å². The first kappa shape index (κ1) is 27.2. The normalized spacial score (nSPS) is 13.7. The van der Waals surface area contributed by atoms with Crippen molar-refractivity contribution in [2.75, 3.05) is 0 Å². The molecule has 1 N–H and O–H groups in total. The Balaban J connectivity index is 1.96. The lowest BCUT2D eigenvalue weighted by Gasteiger charge is -2.24. The van der Waals surface area contributed by atoms with Crippen LogP contribution in [-0.2, 0) is 14.1 Å². The van der Waals surface area contributed by atoms with Crippen molar-refractivity contribution in [2.45, 2.75) is 32.9 Å². The van der Waals surface area contributed by atoms with Gasteiger partial charge in [-0.1, -0.05) is 42.5 Å². The van der Waals surface area contributed by atoms with E-state index in [2.05, 4.69) is 5.09 Å². The Kier molecular flexibility index (Phi) is 8.37. The van der Waals surface area contributed by atoms with Crippen molar-refractivity contribution in [1.82, 2.24) is 5.09 Å². The Bertz CT molecular complexity index is 1260. The maximum Gasteiger partial charge on any atom is 0.513 e. The van der Waals surface area contributed by atoms with Crippen molar-refractivity contribution >= 4 is 13.7 Å². The zero-order valence-corrected chi connectivity index (χ0v) is 20.1. The molecule has 0 saturated heterocycles. The summed E-state index contributed by atoms with van der Waals surface area (Å²) in [4.78, 5) is 12.2. The summed E-state index contributed by atoms with van der Waals surface area (Å²) in [6, 6.07) is 13.5. The maximum absolute atomic E-state index is 14.2. The smallest absolute Gasteiger partial charge is 0.462 e. The van der Waals surface area contributed by atoms with Crippen LogP contribution in [0.15, 0.2) is 54.6 Å². The highest BCUT2D eigenvalue weighted by atomic mass is 31.2. The molecule has 0 aliphatic heterocycles. The molecule has 3 aromatic rings. The van der Waals surface area contributed by atoms with Crippen LogP contribution in [0.25, 0.3) is 11.1 Å². The second-order valence-electron chi connectivity index (χ2n) is 7.81. The minimum absolute atomic E-state index is 0.154. The Hall–Kier alpha value is -3.43. The number of esters is 1. The lowest BCUT2D eigenvalue weighted by Crippen LogP contribution is -2.37. The van der Waals surface area contributed by atoms with Crippen molar-refractivity contribution in [3.63, 3.8) is 0 Å². The lowest BCUT2D eigenvalue weighted by atomic mass is 10.1. The third-order valence-corrected chi connectivity index (χ3v) is 6.20. The average molecular weight is 529 g/mol. The van der Waals surface area contributed by atoms with E-state index >= 15 is 0 Å². The van der Waals surface area contributed by atoms with Gasteiger partial charge in [0.25, 0.3) is 0 Å². The maximum atomic E-state index is 14.2. The summed E-state index contributed by atoms with van der Waals surface area (Å²) in [5, 5.41) is 2.11. The molecule has 3 rings (SSSR count). The average Bonchev–Trinajstić information content (AvgIpc) is 2.85. The molecule has 0 spiro atoms. The minimum atomic E-state index is -5.00. The predicted octanol–water partition coefficient (Wildman–Crippen LogP) is 6.54. The van der Waals surface area contributed by atoms with Crippen LogP contribution in [0.1, 0.15) is 20.8 Å². The van der Waals surface area contributed by atoms with E-state index in [-0.39, 0.29) is 5.75 Å². The Morgan fingerprint density at radius 3 is 1.78 bits per heavy atom. The number of benzene rings is 3. The molecule has 0 fully saturated rings. The van der Waals surface area contributed by atoms with Crippen molar-refractivity contribution in [1.29, 1.82) is 0 Å². The van der Waals surface area contributed by atoms with Crippen molar-refractivity contribution in [3.8, 4) is 22.6 Å². The number of hydrogen-bond donors (Lipinski definition) is 1. The third kappa shape index (κ3) is 6.22. The van der Waals surface area contributed by atoms with Gasteiger partial charge in [0.05, 0.1) is 6.10 Å². The van der Waals surface area contributed by atoms with E-state index in [4.69, 9.17) is 13.8 Å². The summed E-state index contributed by atoms with van der Waals surface area (Å²) >= 11 is 0. The van der Waals surface area contributed by atoms with Gasteiger partial charge in [0.2, 0.25) is 34.8 Å². The number of ether oxygens (including phenoxy) is 1. The van der Waals surface area contributed by atoms with Gasteiger partial charge in [-0.25, -0.2) is 17.7 Å². The zero-order chi connectivity index (χ0) is 26.6. The molecule has 36 heavy (non-hydrogen) atoms. The zero-order valence-electron chi connectivity index (χ0n) is 19.2. The number of nitrogens with one attached hydrogen (secondary N) is 1. The van der Waals surface area contributed by atoms with Gasteiger partial charge in [0.15, 0.2) is 0 Å². The van der Waals surface area contributed by atoms with Crippen molar-refractivity contribution in [2.24, 2.45) is 0 Å². The predicted molar refractivity (Wildman–Crippen MR) is 121 cm³/mol. The highest BCUT2D eigenvalue weighted by molar-refractivity contribution is 7.52. The van der Waals surface area contributed by atoms with Crippen LogP contribution in [0.5, 0.6) is 11.5 Å². The molecule has 3 aromatic carbocycles. The molecular weight excluding hydrogens is 508 g/mol. The summed E-state index contributed by atoms with van der Waals surface area (Å²) in [6.45, 7) is 4.27. The van der Waals surface area contributed by atoms with Crippen molar-refractivity contribution < 1.29 is 45.1 Å². The fourth-order valence-electron chi connectivity index (χ4n) is 2.96. The van der Waals surface area contributed by atoms with Gasteiger partial charge < -0.3 is 13.8 Å². The van der Waals surface area contributed by atoms with E-state index in [1.807, 2.05) is 30.3 Å². The van der Waals surface area contributed by atoms with Crippen LogP contribution < -0.4 is 14.1 Å². The second kappa shape index (κ2) is 11.1. The summed E-state index contributed by atoms with van der Waals surface area (Å²) < 4.78 is 97.8. The number of rotatable bonds is 9. The Morgan fingerprint density at radius 2 is 1.25 bits per heavy atom. The molecule has 2 atom stereocenters. The van der Waals surface area contributed by atoms with Gasteiger partial charge in [-0.15, -0.1) is 0 Å². The molecule has 0 amide bonds. The van der Waals surface area contributed by atoms with Crippen LogP contribution in [0.2, 0.25) is 0 Å². The minimum Gasteiger partial charge on any atom is -0.462 e. The molecule has 0 aliphatic rings. The van der Waals surface area contributed by atoms with Crippen LogP contribution in [0.3, 0.4) is 0 Å². The fraction of sp³-hybridized carbons (Fsp3) is 0.208. The van der Waals surface area contributed by atoms with E-state index in [0.717, 1.165) is 11.1 Å². The quantitative estimate of drug-likeness (QED) is 0.112. The first-order chi connectivity index (χ1) is 16.9. The molecule has 0 aromatic heterocycles. The van der Waals surface area contributed by atoms with E-state index in [0.29, 0.717) is 0 Å². The number of carbonyl (C=O) groups is 1. The first-order valence-corrected chi connectivity index (χ1v) is 12.1. The van der Waals surface area contributed by atoms with Crippen LogP contribution in [-0.4, -0.2) is 18.1 Å². The largest absolute Gasteiger partial charge is 0.513 e. The summed E-state index contributed by atoms with van der Waals surface area (Å²) in [5.74, 6) is -14.7. The van der Waals surface area contributed by atoms with E-state index in [9.17, 15) is 31.3 Å². The molecule has 6 nitrogen and oxygen atoms in total. The summed E-state index contributed by atoms with van der Waals surface area (Å²) in [6.07, 6.45) is -0.566. The van der Waals surface area contributed by atoms with Gasteiger partial charge in [-0.05, 0) is 44.0 Å². The number of hydrogen-bond acceptors (Lipinski definition) is 5. The third-order valence-electron chi connectivity index (χ3n) is 4.63. The van der Waals surface area contributed by atoms with Crippen LogP contribution in [0, 0.1) is 29.1 Å². The fourth-order valence-corrected chi connectivity index (χ4v) is 4.48. The molecule has 0 radical (unpaired) electrons. The molecule has 12 heteroatoms. The van der Waals surface area contributed by atoms with Crippen LogP contribution >= 0.6 is 7.75 Å². The number of halogens is 5. The highest BCUT2D eigenvalue weighted by Crippen LogP contribution is 2.48. The molecule has 0 saturated carbocycles. The molecule has 0 unspecified atom stereocenters. The Labute approximate surface area is 203 Å². The lowest BCUT2D eigenvalue weighted by molar-refractivity contribution is -0.149. The molecule has 0 bridgehead atoms. The standard InChI is InChI=1S/C24H21F5NO5P/c1-13(2)33-24(31)14(3)30-36(32,35-23-21(28)19(26)18(25)20(27)22(23)29)34-17-11-9-16(10-12-17)15-7-5-4-6-8-15/h4-14H,1-3H3,(H,30,32)/t14-,36-/m0/s1. The summed E-state index contributed by atoms with van der Waals surface area (Å²) in [7, 11) is -5.00. The van der Waals surface area contributed by atoms with Crippen molar-refractivity contribution in [3.05, 3.63) is 83.7 Å². The molecule has 192 valence electrons. The van der Waals surface area contributed by atoms with E-state index in [1.165, 1.54) is 19.1 Å². The number of carbonyl (C=O) groups excluding carboxylic acids is 1. The first-order valence-electron chi connectivity index (χ1n) is 10.6. The Morgan fingerprint density at radius 1 is 0.750 bits per heavy atom. The van der Waals surface area contributed by atoms with E-state index < -0.39 is 60.7 Å². The van der Waals surface area contributed by atoms with E-state index in [1.54, 1.807) is 26.0 Å². The molecule has 0 heterocycles. The summed E-state index contributed by atoms with van der Waals surface area (Å²) in [5.41, 5.74) is 1.58. The molecular formula is C24H21F5NO5P. The molecule has 0 aliphatic carbocycles. The van der Waals surface area contributed by atoms with Gasteiger partial charge >= 0.3 is 13.7 Å².